The van der Waals surface area contributed by atoms with Crippen molar-refractivity contribution in [1.82, 2.24) is 15.4 Å². The van der Waals surface area contributed by atoms with Gasteiger partial charge < -0.3 is 5.11 Å². The number of para-hydroxylation sites is 2. The molecule has 0 spiro atoms. The SMILES string of the molecule is CC(=O)CC1(O)CCCCC1.c1ccc2n[nH]nc2c1. The molecule has 0 aliphatic heterocycles. The number of aliphatic hydroxyl groups is 1. The Bertz CT molecular complexity index is 529. The number of rotatable bonds is 2. The van der Waals surface area contributed by atoms with Gasteiger partial charge in [0.2, 0.25) is 0 Å². The highest BCUT2D eigenvalue weighted by Crippen LogP contribution is 2.30. The van der Waals surface area contributed by atoms with Gasteiger partial charge >= 0.3 is 0 Å². The van der Waals surface area contributed by atoms with Crippen LogP contribution in [0.25, 0.3) is 11.0 Å². The second-order valence-corrected chi connectivity index (χ2v) is 5.48. The average molecular weight is 275 g/mol. The normalized spacial score (nSPS) is 17.3. The number of carbonyl (C=O) groups excluding carboxylic acids is 1. The van der Waals surface area contributed by atoms with E-state index in [4.69, 9.17) is 0 Å². The lowest BCUT2D eigenvalue weighted by Crippen LogP contribution is -2.33. The number of benzene rings is 1. The molecule has 5 nitrogen and oxygen atoms in total. The summed E-state index contributed by atoms with van der Waals surface area (Å²) in [4.78, 5) is 10.8. The number of hydrogen-bond donors (Lipinski definition) is 2. The first kappa shape index (κ1) is 14.7. The zero-order valence-electron chi connectivity index (χ0n) is 11.8. The molecule has 0 saturated heterocycles. The molecule has 0 radical (unpaired) electrons. The van der Waals surface area contributed by atoms with Gasteiger partial charge in [0.05, 0.1) is 5.60 Å². The number of ketones is 1. The van der Waals surface area contributed by atoms with Gasteiger partial charge in [0, 0.05) is 6.42 Å². The van der Waals surface area contributed by atoms with Gasteiger partial charge in [0.1, 0.15) is 16.8 Å². The Morgan fingerprint density at radius 2 is 1.75 bits per heavy atom. The van der Waals surface area contributed by atoms with E-state index >= 15 is 0 Å². The number of aromatic amines is 1. The van der Waals surface area contributed by atoms with Crippen molar-refractivity contribution in [1.29, 1.82) is 0 Å². The minimum Gasteiger partial charge on any atom is -0.389 e. The molecule has 0 unspecified atom stereocenters. The van der Waals surface area contributed by atoms with E-state index in [2.05, 4.69) is 15.4 Å². The first-order valence-corrected chi connectivity index (χ1v) is 7.06. The minimum atomic E-state index is -0.649. The maximum atomic E-state index is 10.8. The fourth-order valence-electron chi connectivity index (χ4n) is 2.64. The fraction of sp³-hybridized carbons (Fsp3) is 0.533. The molecule has 1 heterocycles. The van der Waals surface area contributed by atoms with Crippen molar-refractivity contribution in [3.05, 3.63) is 24.3 Å². The van der Waals surface area contributed by atoms with Crippen molar-refractivity contribution in [2.24, 2.45) is 0 Å². The molecule has 1 aromatic carbocycles. The molecule has 0 amide bonds. The van der Waals surface area contributed by atoms with E-state index in [1.807, 2.05) is 24.3 Å². The molecule has 1 aliphatic rings. The monoisotopic (exact) mass is 275 g/mol. The fourth-order valence-corrected chi connectivity index (χ4v) is 2.64. The molecule has 0 bridgehead atoms. The molecule has 0 atom stereocenters. The van der Waals surface area contributed by atoms with Crippen molar-refractivity contribution in [2.75, 3.05) is 0 Å². The molecule has 1 aliphatic carbocycles. The highest BCUT2D eigenvalue weighted by atomic mass is 16.3. The molecule has 108 valence electrons. The van der Waals surface area contributed by atoms with Crippen molar-refractivity contribution in [3.63, 3.8) is 0 Å². The largest absolute Gasteiger partial charge is 0.389 e. The van der Waals surface area contributed by atoms with Gasteiger partial charge in [0.15, 0.2) is 0 Å². The van der Waals surface area contributed by atoms with E-state index in [1.165, 1.54) is 6.42 Å². The van der Waals surface area contributed by atoms with Crippen LogP contribution in [0.3, 0.4) is 0 Å². The number of H-pyrrole nitrogens is 1. The topological polar surface area (TPSA) is 78.9 Å². The van der Waals surface area contributed by atoms with E-state index < -0.39 is 5.60 Å². The molecule has 20 heavy (non-hydrogen) atoms. The van der Waals surface area contributed by atoms with Crippen LogP contribution >= 0.6 is 0 Å². The smallest absolute Gasteiger partial charge is 0.132 e. The third kappa shape index (κ3) is 4.13. The van der Waals surface area contributed by atoms with Gasteiger partial charge in [-0.05, 0) is 31.9 Å². The molecule has 2 N–H and O–H groups in total. The van der Waals surface area contributed by atoms with Gasteiger partial charge in [-0.2, -0.15) is 15.4 Å². The zero-order valence-corrected chi connectivity index (χ0v) is 11.8. The highest BCUT2D eigenvalue weighted by Gasteiger charge is 2.29. The van der Waals surface area contributed by atoms with Gasteiger partial charge in [-0.15, -0.1) is 0 Å². The van der Waals surface area contributed by atoms with Crippen molar-refractivity contribution < 1.29 is 9.90 Å². The lowest BCUT2D eigenvalue weighted by Gasteiger charge is -2.30. The predicted octanol–water partition coefficient (Wildman–Crippen LogP) is 2.62. The number of fused-ring (bicyclic) bond motifs is 1. The van der Waals surface area contributed by atoms with E-state index in [9.17, 15) is 9.90 Å². The van der Waals surface area contributed by atoms with Crippen LogP contribution in [-0.4, -0.2) is 31.9 Å². The number of hydrogen-bond acceptors (Lipinski definition) is 4. The lowest BCUT2D eigenvalue weighted by atomic mass is 9.82. The number of aromatic nitrogens is 3. The highest BCUT2D eigenvalue weighted by molar-refractivity contribution is 5.76. The number of nitrogens with zero attached hydrogens (tertiary/aromatic N) is 2. The van der Waals surface area contributed by atoms with Crippen LogP contribution in [0.1, 0.15) is 45.4 Å². The number of Topliss-reactive ketones (excluding diaryl/α,β-unsaturated/α-hetero) is 1. The van der Waals surface area contributed by atoms with E-state index in [-0.39, 0.29) is 5.78 Å². The van der Waals surface area contributed by atoms with Crippen LogP contribution in [0, 0.1) is 0 Å². The van der Waals surface area contributed by atoms with E-state index in [0.29, 0.717) is 6.42 Å². The third-order valence-electron chi connectivity index (χ3n) is 3.58. The Balaban J connectivity index is 0.000000149. The summed E-state index contributed by atoms with van der Waals surface area (Å²) in [6, 6.07) is 7.70. The molecular weight excluding hydrogens is 254 g/mol. The van der Waals surface area contributed by atoms with Gasteiger partial charge in [-0.25, -0.2) is 0 Å². The summed E-state index contributed by atoms with van der Waals surface area (Å²) < 4.78 is 0. The maximum Gasteiger partial charge on any atom is 0.132 e. The second kappa shape index (κ2) is 6.61. The summed E-state index contributed by atoms with van der Waals surface area (Å²) in [7, 11) is 0. The Kier molecular flexibility index (Phi) is 4.84. The van der Waals surface area contributed by atoms with Gasteiger partial charge in [-0.1, -0.05) is 31.4 Å². The summed E-state index contributed by atoms with van der Waals surface area (Å²) in [6.45, 7) is 1.55. The van der Waals surface area contributed by atoms with Crippen molar-refractivity contribution in [2.45, 2.75) is 51.0 Å². The molecule has 1 aromatic heterocycles. The summed E-state index contributed by atoms with van der Waals surface area (Å²) in [5, 5.41) is 20.1. The van der Waals surface area contributed by atoms with E-state index in [0.717, 1.165) is 36.7 Å². The average Bonchev–Trinajstić information content (AvgIpc) is 2.87. The van der Waals surface area contributed by atoms with Crippen LogP contribution in [0.15, 0.2) is 24.3 Å². The van der Waals surface area contributed by atoms with Crippen molar-refractivity contribution in [3.8, 4) is 0 Å². The van der Waals surface area contributed by atoms with Gasteiger partial charge in [-0.3, -0.25) is 4.79 Å². The van der Waals surface area contributed by atoms with Crippen LogP contribution < -0.4 is 0 Å². The summed E-state index contributed by atoms with van der Waals surface area (Å²) >= 11 is 0. The van der Waals surface area contributed by atoms with Crippen LogP contribution in [-0.2, 0) is 4.79 Å². The third-order valence-corrected chi connectivity index (χ3v) is 3.58. The van der Waals surface area contributed by atoms with Crippen molar-refractivity contribution >= 4 is 16.8 Å². The quantitative estimate of drug-likeness (QED) is 0.883. The molecule has 2 aromatic rings. The van der Waals surface area contributed by atoms with Crippen LogP contribution in [0.5, 0.6) is 0 Å². The number of nitrogens with one attached hydrogen (secondary N) is 1. The molecule has 1 saturated carbocycles. The first-order chi connectivity index (χ1) is 9.59. The standard InChI is InChI=1S/C9H16O2.C6H5N3/c1-8(10)7-9(11)5-3-2-4-6-9;1-2-4-6-5(3-1)7-9-8-6/h11H,2-7H2,1H3;1-4H,(H,7,8,9). The molecule has 5 heteroatoms. The number of carbonyl (C=O) groups is 1. The Hall–Kier alpha value is -1.75. The predicted molar refractivity (Wildman–Crippen MR) is 77.2 cm³/mol. The van der Waals surface area contributed by atoms with Crippen LogP contribution in [0.4, 0.5) is 0 Å². The minimum absolute atomic E-state index is 0.106. The second-order valence-electron chi connectivity index (χ2n) is 5.48. The van der Waals surface area contributed by atoms with Crippen LogP contribution in [0.2, 0.25) is 0 Å². The Labute approximate surface area is 118 Å². The Morgan fingerprint density at radius 3 is 2.25 bits per heavy atom. The summed E-state index contributed by atoms with van der Waals surface area (Å²) in [6.07, 6.45) is 5.33. The first-order valence-electron chi connectivity index (χ1n) is 7.06. The summed E-state index contributed by atoms with van der Waals surface area (Å²) in [5.74, 6) is 0.106. The Morgan fingerprint density at radius 1 is 1.20 bits per heavy atom. The zero-order chi connectivity index (χ0) is 14.4. The van der Waals surface area contributed by atoms with Gasteiger partial charge in [0.25, 0.3) is 0 Å². The lowest BCUT2D eigenvalue weighted by molar-refractivity contribution is -0.123. The molecular formula is C15H21N3O2. The summed E-state index contributed by atoms with van der Waals surface area (Å²) in [5.41, 5.74) is 1.18. The molecule has 3 rings (SSSR count). The van der Waals surface area contributed by atoms with E-state index in [1.54, 1.807) is 6.92 Å². The molecule has 1 fully saturated rings. The maximum absolute atomic E-state index is 10.8.